The average Bonchev–Trinajstić information content (AvgIpc) is 3.16. The third-order valence-electron chi connectivity index (χ3n) is 4.82. The summed E-state index contributed by atoms with van der Waals surface area (Å²) in [5.41, 5.74) is 5.22. The van der Waals surface area contributed by atoms with E-state index in [4.69, 9.17) is 0 Å². The predicted molar refractivity (Wildman–Crippen MR) is 117 cm³/mol. The van der Waals surface area contributed by atoms with Gasteiger partial charge in [-0.15, -0.1) is 0 Å². The molecule has 3 aromatic carbocycles. The summed E-state index contributed by atoms with van der Waals surface area (Å²) >= 11 is 0. The number of anilines is 1. The minimum absolute atomic E-state index is 0.185. The molecule has 0 aliphatic rings. The molecule has 0 aliphatic carbocycles. The predicted octanol–water partition coefficient (Wildman–Crippen LogP) is 4.71. The Morgan fingerprint density at radius 2 is 1.62 bits per heavy atom. The van der Waals surface area contributed by atoms with Crippen molar-refractivity contribution in [2.45, 2.75) is 19.3 Å². The first-order valence-electron chi connectivity index (χ1n) is 9.87. The van der Waals surface area contributed by atoms with Gasteiger partial charge in [-0.25, -0.2) is 9.78 Å². The number of para-hydroxylation sites is 2. The number of nitrogens with zero attached hydrogens (tertiary/aromatic N) is 1. The monoisotopic (exact) mass is 384 g/mol. The molecule has 5 heteroatoms. The summed E-state index contributed by atoms with van der Waals surface area (Å²) in [4.78, 5) is 20.1. The molecule has 4 rings (SSSR count). The molecule has 0 spiro atoms. The number of aromatic amines is 1. The lowest BCUT2D eigenvalue weighted by Crippen LogP contribution is -2.30. The van der Waals surface area contributed by atoms with Crippen molar-refractivity contribution in [3.63, 3.8) is 0 Å². The van der Waals surface area contributed by atoms with E-state index >= 15 is 0 Å². The molecule has 0 saturated carbocycles. The fourth-order valence-electron chi connectivity index (χ4n) is 3.33. The number of fused-ring (bicyclic) bond motifs is 1. The van der Waals surface area contributed by atoms with Gasteiger partial charge >= 0.3 is 6.03 Å². The Labute approximate surface area is 170 Å². The van der Waals surface area contributed by atoms with E-state index in [1.165, 1.54) is 5.56 Å². The second kappa shape index (κ2) is 9.06. The second-order valence-corrected chi connectivity index (χ2v) is 7.02. The number of carbonyl (C=O) groups excluding carboxylic acids is 1. The number of rotatable bonds is 7. The Morgan fingerprint density at radius 1 is 0.828 bits per heavy atom. The van der Waals surface area contributed by atoms with Gasteiger partial charge in [-0.05, 0) is 48.2 Å². The third kappa shape index (κ3) is 5.23. The van der Waals surface area contributed by atoms with Crippen molar-refractivity contribution in [1.82, 2.24) is 15.3 Å². The van der Waals surface area contributed by atoms with Crippen molar-refractivity contribution in [2.24, 2.45) is 0 Å². The minimum atomic E-state index is -0.185. The fourth-order valence-corrected chi connectivity index (χ4v) is 3.33. The highest BCUT2D eigenvalue weighted by Gasteiger charge is 2.05. The zero-order valence-corrected chi connectivity index (χ0v) is 16.2. The van der Waals surface area contributed by atoms with Crippen LogP contribution in [0.3, 0.4) is 0 Å². The van der Waals surface area contributed by atoms with Crippen LogP contribution >= 0.6 is 0 Å². The van der Waals surface area contributed by atoms with Gasteiger partial charge in [0.25, 0.3) is 0 Å². The number of urea groups is 1. The van der Waals surface area contributed by atoms with Gasteiger partial charge in [0.15, 0.2) is 0 Å². The van der Waals surface area contributed by atoms with Crippen LogP contribution in [0.1, 0.15) is 17.0 Å². The lowest BCUT2D eigenvalue weighted by molar-refractivity contribution is 0.252. The average molecular weight is 384 g/mol. The molecular formula is C24H24N4O. The van der Waals surface area contributed by atoms with Gasteiger partial charge in [0.1, 0.15) is 5.82 Å². The van der Waals surface area contributed by atoms with E-state index in [1.807, 2.05) is 60.7 Å². The Hall–Kier alpha value is -3.60. The molecule has 0 atom stereocenters. The van der Waals surface area contributed by atoms with Crippen LogP contribution in [0.25, 0.3) is 11.0 Å². The number of benzene rings is 3. The maximum Gasteiger partial charge on any atom is 0.319 e. The topological polar surface area (TPSA) is 69.8 Å². The first-order valence-corrected chi connectivity index (χ1v) is 9.87. The van der Waals surface area contributed by atoms with E-state index in [9.17, 15) is 4.79 Å². The second-order valence-electron chi connectivity index (χ2n) is 7.02. The fraction of sp³-hybridized carbons (Fsp3) is 0.167. The molecular weight excluding hydrogens is 360 g/mol. The number of hydrogen-bond donors (Lipinski definition) is 3. The van der Waals surface area contributed by atoms with Gasteiger partial charge in [0.2, 0.25) is 0 Å². The Bertz CT molecular complexity index is 1060. The molecule has 5 nitrogen and oxygen atoms in total. The number of aryl methyl sites for hydroxylation is 2. The number of nitrogens with one attached hydrogen (secondary N) is 3. The molecule has 146 valence electrons. The van der Waals surface area contributed by atoms with Crippen molar-refractivity contribution < 1.29 is 4.79 Å². The summed E-state index contributed by atoms with van der Waals surface area (Å²) in [5.74, 6) is 0.975. The molecule has 0 saturated heterocycles. The smallest absolute Gasteiger partial charge is 0.319 e. The van der Waals surface area contributed by atoms with Crippen LogP contribution < -0.4 is 10.6 Å². The lowest BCUT2D eigenvalue weighted by atomic mass is 10.1. The molecule has 0 radical (unpaired) electrons. The van der Waals surface area contributed by atoms with Crippen molar-refractivity contribution >= 4 is 22.8 Å². The maximum absolute atomic E-state index is 12.2. The summed E-state index contributed by atoms with van der Waals surface area (Å²) in [6, 6.07) is 25.9. The van der Waals surface area contributed by atoms with E-state index in [0.717, 1.165) is 47.4 Å². The van der Waals surface area contributed by atoms with E-state index in [1.54, 1.807) is 0 Å². The highest BCUT2D eigenvalue weighted by molar-refractivity contribution is 5.89. The SMILES string of the molecule is O=C(NCCc1ccccc1)Nc1cccc(CCc2nc3ccccc3[nH]2)c1. The van der Waals surface area contributed by atoms with Crippen LogP contribution in [0.4, 0.5) is 10.5 Å². The Kier molecular flexibility index (Phi) is 5.86. The normalized spacial score (nSPS) is 10.8. The molecule has 1 aromatic heterocycles. The largest absolute Gasteiger partial charge is 0.342 e. The molecule has 0 bridgehead atoms. The van der Waals surface area contributed by atoms with Crippen molar-refractivity contribution in [1.29, 1.82) is 0 Å². The standard InChI is InChI=1S/C24H24N4O/c29-24(25-16-15-18-7-2-1-3-8-18)26-20-10-6-9-19(17-20)13-14-23-27-21-11-4-5-12-22(21)28-23/h1-12,17H,13-16H2,(H,27,28)(H2,25,26,29). The third-order valence-corrected chi connectivity index (χ3v) is 4.82. The van der Waals surface area contributed by atoms with Gasteiger partial charge in [-0.1, -0.05) is 54.6 Å². The minimum Gasteiger partial charge on any atom is -0.342 e. The maximum atomic E-state index is 12.2. The summed E-state index contributed by atoms with van der Waals surface area (Å²) < 4.78 is 0. The van der Waals surface area contributed by atoms with E-state index < -0.39 is 0 Å². The van der Waals surface area contributed by atoms with Crippen molar-refractivity contribution in [3.8, 4) is 0 Å². The molecule has 4 aromatic rings. The number of H-pyrrole nitrogens is 1. The first-order chi connectivity index (χ1) is 14.3. The molecule has 29 heavy (non-hydrogen) atoms. The quantitative estimate of drug-likeness (QED) is 0.432. The number of hydrogen-bond acceptors (Lipinski definition) is 2. The Balaban J connectivity index is 1.28. The van der Waals surface area contributed by atoms with E-state index in [0.29, 0.717) is 6.54 Å². The van der Waals surface area contributed by atoms with Gasteiger partial charge in [0, 0.05) is 18.7 Å². The van der Waals surface area contributed by atoms with Crippen LogP contribution in [0, 0.1) is 0 Å². The molecule has 2 amide bonds. The van der Waals surface area contributed by atoms with Crippen molar-refractivity contribution in [2.75, 3.05) is 11.9 Å². The number of amides is 2. The van der Waals surface area contributed by atoms with Gasteiger partial charge < -0.3 is 15.6 Å². The molecule has 0 fully saturated rings. The lowest BCUT2D eigenvalue weighted by Gasteiger charge is -2.09. The number of aromatic nitrogens is 2. The number of carbonyl (C=O) groups is 1. The summed E-state index contributed by atoms with van der Waals surface area (Å²) in [5, 5.41) is 5.82. The zero-order valence-electron chi connectivity index (χ0n) is 16.2. The summed E-state index contributed by atoms with van der Waals surface area (Å²) in [7, 11) is 0. The molecule has 3 N–H and O–H groups in total. The summed E-state index contributed by atoms with van der Waals surface area (Å²) in [6.07, 6.45) is 2.48. The van der Waals surface area contributed by atoms with Gasteiger partial charge in [-0.2, -0.15) is 0 Å². The molecule has 0 aliphatic heterocycles. The molecule has 0 unspecified atom stereocenters. The Morgan fingerprint density at radius 3 is 2.48 bits per heavy atom. The first kappa shape index (κ1) is 18.7. The highest BCUT2D eigenvalue weighted by Crippen LogP contribution is 2.15. The summed E-state index contributed by atoms with van der Waals surface area (Å²) in [6.45, 7) is 0.599. The van der Waals surface area contributed by atoms with E-state index in [2.05, 4.69) is 38.8 Å². The zero-order chi connectivity index (χ0) is 19.9. The van der Waals surface area contributed by atoms with Crippen LogP contribution in [-0.4, -0.2) is 22.5 Å². The van der Waals surface area contributed by atoms with Gasteiger partial charge in [0.05, 0.1) is 11.0 Å². The van der Waals surface area contributed by atoms with E-state index in [-0.39, 0.29) is 6.03 Å². The van der Waals surface area contributed by atoms with Crippen LogP contribution in [0.5, 0.6) is 0 Å². The van der Waals surface area contributed by atoms with Crippen LogP contribution in [0.15, 0.2) is 78.9 Å². The van der Waals surface area contributed by atoms with Crippen molar-refractivity contribution in [3.05, 3.63) is 95.8 Å². The van der Waals surface area contributed by atoms with Crippen LogP contribution in [0.2, 0.25) is 0 Å². The van der Waals surface area contributed by atoms with Crippen LogP contribution in [-0.2, 0) is 19.3 Å². The highest BCUT2D eigenvalue weighted by atomic mass is 16.2. The van der Waals surface area contributed by atoms with Gasteiger partial charge in [-0.3, -0.25) is 0 Å². The molecule has 1 heterocycles. The number of imidazole rings is 1.